The van der Waals surface area contributed by atoms with Gasteiger partial charge in [-0.15, -0.1) is 0 Å². The molecule has 1 aliphatic heterocycles. The number of esters is 1. The summed E-state index contributed by atoms with van der Waals surface area (Å²) in [6, 6.07) is 3.86. The predicted octanol–water partition coefficient (Wildman–Crippen LogP) is 4.37. The number of rotatable bonds is 5. The van der Waals surface area contributed by atoms with E-state index < -0.39 is 0 Å². The third kappa shape index (κ3) is 3.27. The van der Waals surface area contributed by atoms with Crippen molar-refractivity contribution in [2.75, 3.05) is 13.2 Å². The Balaban J connectivity index is 1.82. The Morgan fingerprint density at radius 3 is 2.88 bits per heavy atom. The van der Waals surface area contributed by atoms with Crippen LogP contribution in [0.3, 0.4) is 0 Å². The molecule has 1 aromatic heterocycles. The molecule has 1 saturated heterocycles. The zero-order valence-corrected chi connectivity index (χ0v) is 15.2. The Kier molecular flexibility index (Phi) is 4.69. The second kappa shape index (κ2) is 6.96. The number of carbonyl (C=O) groups is 1. The Morgan fingerprint density at radius 2 is 2.20 bits per heavy atom. The summed E-state index contributed by atoms with van der Waals surface area (Å²) in [6.07, 6.45) is 5.66. The first-order valence-corrected chi connectivity index (χ1v) is 9.53. The van der Waals surface area contributed by atoms with E-state index in [1.165, 1.54) is 0 Å². The molecule has 25 heavy (non-hydrogen) atoms. The molecule has 4 rings (SSSR count). The summed E-state index contributed by atoms with van der Waals surface area (Å²) in [4.78, 5) is 12.1. The van der Waals surface area contributed by atoms with Gasteiger partial charge in [0.05, 0.1) is 24.2 Å². The number of nitrogens with zero attached hydrogens (tertiary/aromatic N) is 2. The standard InChI is InChI=1S/C19H23ClN2O3/c1-2-24-17(23)11-13-14(20)8-9-15-18(13)19(12-6-7-12)21-22(15)16-5-3-4-10-25-16/h8-9,12,16H,2-7,10-11H2,1H3. The van der Waals surface area contributed by atoms with E-state index in [4.69, 9.17) is 26.2 Å². The number of carbonyl (C=O) groups excluding carboxylic acids is 1. The van der Waals surface area contributed by atoms with Crippen LogP contribution in [-0.4, -0.2) is 29.0 Å². The van der Waals surface area contributed by atoms with Gasteiger partial charge in [-0.2, -0.15) is 5.10 Å². The van der Waals surface area contributed by atoms with Gasteiger partial charge in [-0.3, -0.25) is 4.79 Å². The third-order valence-corrected chi connectivity index (χ3v) is 5.33. The quantitative estimate of drug-likeness (QED) is 0.741. The fourth-order valence-electron chi connectivity index (χ4n) is 3.61. The van der Waals surface area contributed by atoms with Crippen molar-refractivity contribution in [2.45, 2.75) is 57.6 Å². The van der Waals surface area contributed by atoms with E-state index in [0.717, 1.165) is 60.9 Å². The normalized spacial score (nSPS) is 20.8. The molecule has 0 bridgehead atoms. The molecule has 1 aliphatic carbocycles. The van der Waals surface area contributed by atoms with Gasteiger partial charge in [-0.1, -0.05) is 11.6 Å². The van der Waals surface area contributed by atoms with Crippen molar-refractivity contribution in [2.24, 2.45) is 0 Å². The average molecular weight is 363 g/mol. The minimum absolute atomic E-state index is 0.0274. The van der Waals surface area contributed by atoms with Gasteiger partial charge in [0.2, 0.25) is 0 Å². The molecule has 1 aromatic carbocycles. The largest absolute Gasteiger partial charge is 0.466 e. The van der Waals surface area contributed by atoms with Crippen LogP contribution in [0.15, 0.2) is 12.1 Å². The first-order valence-electron chi connectivity index (χ1n) is 9.15. The minimum atomic E-state index is -0.250. The Labute approximate surface area is 152 Å². The maximum absolute atomic E-state index is 12.1. The second-order valence-electron chi connectivity index (χ2n) is 6.83. The molecule has 0 N–H and O–H groups in total. The number of aromatic nitrogens is 2. The van der Waals surface area contributed by atoms with Crippen molar-refractivity contribution >= 4 is 28.5 Å². The van der Waals surface area contributed by atoms with Crippen LogP contribution in [0.25, 0.3) is 10.9 Å². The van der Waals surface area contributed by atoms with Crippen molar-refractivity contribution in [3.05, 3.63) is 28.4 Å². The van der Waals surface area contributed by atoms with Crippen molar-refractivity contribution < 1.29 is 14.3 Å². The van der Waals surface area contributed by atoms with Crippen molar-refractivity contribution in [1.29, 1.82) is 0 Å². The number of hydrogen-bond donors (Lipinski definition) is 0. The lowest BCUT2D eigenvalue weighted by Crippen LogP contribution is -2.19. The topological polar surface area (TPSA) is 53.3 Å². The Bertz CT molecular complexity index is 792. The summed E-state index contributed by atoms with van der Waals surface area (Å²) in [5, 5.41) is 6.54. The first-order chi connectivity index (χ1) is 12.2. The van der Waals surface area contributed by atoms with Gasteiger partial charge < -0.3 is 9.47 Å². The highest BCUT2D eigenvalue weighted by Crippen LogP contribution is 2.45. The van der Waals surface area contributed by atoms with Crippen LogP contribution < -0.4 is 0 Å². The average Bonchev–Trinajstić information content (AvgIpc) is 3.39. The SMILES string of the molecule is CCOC(=O)Cc1c(Cl)ccc2c1c(C1CC1)nn2C1CCCCO1. The summed E-state index contributed by atoms with van der Waals surface area (Å²) < 4.78 is 13.1. The van der Waals surface area contributed by atoms with Crippen molar-refractivity contribution in [3.8, 4) is 0 Å². The zero-order chi connectivity index (χ0) is 17.4. The first kappa shape index (κ1) is 16.9. The zero-order valence-electron chi connectivity index (χ0n) is 14.5. The van der Waals surface area contributed by atoms with Gasteiger partial charge in [-0.25, -0.2) is 4.68 Å². The van der Waals surface area contributed by atoms with E-state index in [1.807, 2.05) is 23.7 Å². The van der Waals surface area contributed by atoms with E-state index in [1.54, 1.807) is 0 Å². The van der Waals surface area contributed by atoms with E-state index in [0.29, 0.717) is 17.5 Å². The Hall–Kier alpha value is -1.59. The molecule has 1 saturated carbocycles. The summed E-state index contributed by atoms with van der Waals surface area (Å²) in [6.45, 7) is 2.96. The van der Waals surface area contributed by atoms with Crippen molar-refractivity contribution in [1.82, 2.24) is 9.78 Å². The van der Waals surface area contributed by atoms with Crippen LogP contribution in [0.5, 0.6) is 0 Å². The van der Waals surface area contributed by atoms with E-state index in [9.17, 15) is 4.79 Å². The Morgan fingerprint density at radius 1 is 1.36 bits per heavy atom. The van der Waals surface area contributed by atoms with Crippen LogP contribution in [-0.2, 0) is 20.7 Å². The second-order valence-corrected chi connectivity index (χ2v) is 7.23. The van der Waals surface area contributed by atoms with Gasteiger partial charge in [-0.05, 0) is 56.7 Å². The number of halogens is 1. The van der Waals surface area contributed by atoms with Gasteiger partial charge in [0, 0.05) is 22.9 Å². The molecule has 1 atom stereocenters. The number of hydrogen-bond acceptors (Lipinski definition) is 4. The highest BCUT2D eigenvalue weighted by molar-refractivity contribution is 6.32. The molecular formula is C19H23ClN2O3. The molecule has 0 radical (unpaired) electrons. The molecule has 2 aliphatic rings. The smallest absolute Gasteiger partial charge is 0.310 e. The fourth-order valence-corrected chi connectivity index (χ4v) is 3.84. The third-order valence-electron chi connectivity index (χ3n) is 4.97. The van der Waals surface area contributed by atoms with E-state index >= 15 is 0 Å². The molecule has 2 aromatic rings. The predicted molar refractivity (Wildman–Crippen MR) is 95.9 cm³/mol. The van der Waals surface area contributed by atoms with Crippen molar-refractivity contribution in [3.63, 3.8) is 0 Å². The maximum atomic E-state index is 12.1. The van der Waals surface area contributed by atoms with Gasteiger partial charge in [0.15, 0.2) is 6.23 Å². The minimum Gasteiger partial charge on any atom is -0.466 e. The lowest BCUT2D eigenvalue weighted by Gasteiger charge is -2.23. The molecule has 1 unspecified atom stereocenters. The van der Waals surface area contributed by atoms with Crippen LogP contribution in [0.1, 0.15) is 62.4 Å². The molecule has 134 valence electrons. The van der Waals surface area contributed by atoms with Crippen LogP contribution in [0.2, 0.25) is 5.02 Å². The van der Waals surface area contributed by atoms with E-state index in [2.05, 4.69) is 0 Å². The van der Waals surface area contributed by atoms with Gasteiger partial charge >= 0.3 is 5.97 Å². The van der Waals surface area contributed by atoms with Crippen LogP contribution >= 0.6 is 11.6 Å². The number of benzene rings is 1. The van der Waals surface area contributed by atoms with Crippen LogP contribution in [0, 0.1) is 0 Å². The number of fused-ring (bicyclic) bond motifs is 1. The van der Waals surface area contributed by atoms with E-state index in [-0.39, 0.29) is 18.6 Å². The highest BCUT2D eigenvalue weighted by atomic mass is 35.5. The molecule has 0 amide bonds. The molecule has 2 heterocycles. The summed E-state index contributed by atoms with van der Waals surface area (Å²) in [5.74, 6) is 0.215. The van der Waals surface area contributed by atoms with Gasteiger partial charge in [0.1, 0.15) is 0 Å². The summed E-state index contributed by atoms with van der Waals surface area (Å²) in [7, 11) is 0. The molecule has 2 fully saturated rings. The molecule has 6 heteroatoms. The maximum Gasteiger partial charge on any atom is 0.310 e. The number of ether oxygens (including phenoxy) is 2. The highest BCUT2D eigenvalue weighted by Gasteiger charge is 2.32. The lowest BCUT2D eigenvalue weighted by molar-refractivity contribution is -0.142. The molecule has 5 nitrogen and oxygen atoms in total. The lowest BCUT2D eigenvalue weighted by atomic mass is 10.0. The molecule has 0 spiro atoms. The molecular weight excluding hydrogens is 340 g/mol. The van der Waals surface area contributed by atoms with Crippen LogP contribution in [0.4, 0.5) is 0 Å². The summed E-state index contributed by atoms with van der Waals surface area (Å²) >= 11 is 6.46. The van der Waals surface area contributed by atoms with Gasteiger partial charge in [0.25, 0.3) is 0 Å². The monoisotopic (exact) mass is 362 g/mol. The summed E-state index contributed by atoms with van der Waals surface area (Å²) in [5.41, 5.74) is 2.91. The fraction of sp³-hybridized carbons (Fsp3) is 0.579.